The van der Waals surface area contributed by atoms with Crippen LogP contribution in [-0.2, 0) is 11.8 Å². The number of hydrogen-bond donors (Lipinski definition) is 1. The number of rotatable bonds is 5. The van der Waals surface area contributed by atoms with Crippen LogP contribution in [0.25, 0.3) is 22.0 Å². The van der Waals surface area contributed by atoms with Crippen LogP contribution in [0, 0.1) is 12.8 Å². The lowest BCUT2D eigenvalue weighted by Crippen LogP contribution is -2.25. The second-order valence-corrected chi connectivity index (χ2v) is 9.69. The molecule has 5 rings (SSSR count). The minimum absolute atomic E-state index is 0.0746. The maximum absolute atomic E-state index is 14.3. The maximum Gasteiger partial charge on any atom is 0.220 e. The number of aromatic nitrogens is 4. The number of halogens is 1. The van der Waals surface area contributed by atoms with Gasteiger partial charge in [-0.15, -0.1) is 0 Å². The Bertz CT molecular complexity index is 1180. The number of carbonyl (C=O) groups is 1. The first kappa shape index (κ1) is 21.0. The van der Waals surface area contributed by atoms with Crippen molar-refractivity contribution in [1.29, 1.82) is 0 Å². The van der Waals surface area contributed by atoms with Gasteiger partial charge >= 0.3 is 0 Å². The number of ether oxygens (including phenoxy) is 1. The Morgan fingerprint density at radius 2 is 2.16 bits per heavy atom. The summed E-state index contributed by atoms with van der Waals surface area (Å²) in [4.78, 5) is 11.7. The average molecular weight is 440 g/mol. The quantitative estimate of drug-likeness (QED) is 0.650. The van der Waals surface area contributed by atoms with Crippen molar-refractivity contribution in [3.05, 3.63) is 30.2 Å². The molecule has 2 fully saturated rings. The fourth-order valence-electron chi connectivity index (χ4n) is 5.03. The van der Waals surface area contributed by atoms with Gasteiger partial charge in [0, 0.05) is 49.8 Å². The first-order valence-corrected chi connectivity index (χ1v) is 11.3. The van der Waals surface area contributed by atoms with Gasteiger partial charge in [0.1, 0.15) is 17.5 Å². The van der Waals surface area contributed by atoms with E-state index in [4.69, 9.17) is 4.74 Å². The van der Waals surface area contributed by atoms with Crippen LogP contribution in [0.3, 0.4) is 0 Å². The number of amides is 1. The fraction of sp³-hybridized carbons (Fsp3) is 0.542. The number of alkyl halides is 1. The zero-order valence-corrected chi connectivity index (χ0v) is 19.1. The minimum Gasteiger partial charge on any atom is -0.490 e. The van der Waals surface area contributed by atoms with Crippen molar-refractivity contribution < 1.29 is 13.9 Å². The smallest absolute Gasteiger partial charge is 0.220 e. The van der Waals surface area contributed by atoms with Crippen molar-refractivity contribution in [2.75, 3.05) is 6.54 Å². The van der Waals surface area contributed by atoms with Crippen LogP contribution in [0.5, 0.6) is 5.75 Å². The number of hydrogen-bond acceptors (Lipinski definition) is 4. The molecule has 1 aliphatic heterocycles. The molecule has 2 aliphatic rings. The number of carbonyl (C=O) groups excluding carboxylic acids is 1. The molecule has 1 N–H and O–H groups in total. The van der Waals surface area contributed by atoms with Crippen LogP contribution in [0.2, 0.25) is 0 Å². The van der Waals surface area contributed by atoms with Crippen LogP contribution in [0.15, 0.2) is 24.5 Å². The Balaban J connectivity index is 1.49. The minimum atomic E-state index is -1.12. The van der Waals surface area contributed by atoms with Gasteiger partial charge in [0.05, 0.1) is 23.1 Å². The van der Waals surface area contributed by atoms with Gasteiger partial charge in [0.15, 0.2) is 0 Å². The second kappa shape index (κ2) is 7.60. The van der Waals surface area contributed by atoms with Gasteiger partial charge in [-0.3, -0.25) is 14.2 Å². The molecule has 2 aromatic heterocycles. The highest BCUT2D eigenvalue weighted by atomic mass is 19.1. The van der Waals surface area contributed by atoms with Crippen LogP contribution >= 0.6 is 0 Å². The molecule has 1 aromatic carbocycles. The molecule has 3 aromatic rings. The summed E-state index contributed by atoms with van der Waals surface area (Å²) in [5.74, 6) is 0.976. The number of fused-ring (bicyclic) bond motifs is 1. The standard InChI is InChI=1S/C24H30FN5O2/c1-14-23-20(28-29(14)4)7-16(8-21(23)32-15(2)17-9-22(31)26-11-17)18-12-27-30(13-18)19-5-6-24(3,25)10-19/h7-8,12-13,15,17,19H,5-6,9-11H2,1-4H3,(H,26,31)/t15-,17-,19?,24?/m1/s1. The molecular weight excluding hydrogens is 409 g/mol. The predicted molar refractivity (Wildman–Crippen MR) is 120 cm³/mol. The van der Waals surface area contributed by atoms with E-state index in [2.05, 4.69) is 21.6 Å². The lowest BCUT2D eigenvalue weighted by Gasteiger charge is -2.20. The Morgan fingerprint density at radius 3 is 2.84 bits per heavy atom. The molecule has 0 bridgehead atoms. The first-order chi connectivity index (χ1) is 15.2. The molecule has 4 atom stereocenters. The summed E-state index contributed by atoms with van der Waals surface area (Å²) >= 11 is 0. The Kier molecular flexibility index (Phi) is 4.98. The van der Waals surface area contributed by atoms with Gasteiger partial charge in [-0.1, -0.05) is 0 Å². The summed E-state index contributed by atoms with van der Waals surface area (Å²) in [6, 6.07) is 4.17. The summed E-state index contributed by atoms with van der Waals surface area (Å²) in [6.45, 7) is 6.35. The van der Waals surface area contributed by atoms with Gasteiger partial charge in [-0.25, -0.2) is 4.39 Å². The lowest BCUT2D eigenvalue weighted by atomic mass is 10.0. The lowest BCUT2D eigenvalue weighted by molar-refractivity contribution is -0.119. The van der Waals surface area contributed by atoms with Gasteiger partial charge < -0.3 is 10.1 Å². The molecule has 3 heterocycles. The molecule has 1 saturated carbocycles. The Labute approximate surface area is 186 Å². The van der Waals surface area contributed by atoms with Gasteiger partial charge in [-0.05, 0) is 51.3 Å². The van der Waals surface area contributed by atoms with Crippen molar-refractivity contribution >= 4 is 16.8 Å². The highest BCUT2D eigenvalue weighted by molar-refractivity contribution is 5.92. The highest BCUT2D eigenvalue weighted by Crippen LogP contribution is 2.41. The zero-order valence-electron chi connectivity index (χ0n) is 19.1. The van der Waals surface area contributed by atoms with Crippen LogP contribution in [0.4, 0.5) is 4.39 Å². The van der Waals surface area contributed by atoms with E-state index in [1.54, 1.807) is 6.92 Å². The van der Waals surface area contributed by atoms with Crippen molar-refractivity contribution in [3.63, 3.8) is 0 Å². The van der Waals surface area contributed by atoms with E-state index < -0.39 is 5.67 Å². The van der Waals surface area contributed by atoms with Crippen LogP contribution < -0.4 is 10.1 Å². The molecule has 170 valence electrons. The second-order valence-electron chi connectivity index (χ2n) is 9.69. The normalized spacial score (nSPS) is 26.6. The van der Waals surface area contributed by atoms with Crippen LogP contribution in [0.1, 0.15) is 51.3 Å². The molecule has 1 amide bonds. The van der Waals surface area contributed by atoms with Crippen molar-refractivity contribution in [1.82, 2.24) is 24.9 Å². The molecule has 7 nitrogen and oxygen atoms in total. The number of nitrogens with one attached hydrogen (secondary N) is 1. The molecule has 1 aliphatic carbocycles. The molecule has 32 heavy (non-hydrogen) atoms. The summed E-state index contributed by atoms with van der Waals surface area (Å²) in [5.41, 5.74) is 2.69. The third-order valence-electron chi connectivity index (χ3n) is 7.14. The van der Waals surface area contributed by atoms with Gasteiger partial charge in [-0.2, -0.15) is 10.2 Å². The largest absolute Gasteiger partial charge is 0.490 e. The third kappa shape index (κ3) is 3.76. The third-order valence-corrected chi connectivity index (χ3v) is 7.14. The van der Waals surface area contributed by atoms with Crippen molar-refractivity contribution in [2.24, 2.45) is 13.0 Å². The van der Waals surface area contributed by atoms with E-state index in [-0.39, 0.29) is 24.0 Å². The average Bonchev–Trinajstić information content (AvgIpc) is 3.50. The summed E-state index contributed by atoms with van der Waals surface area (Å²) in [5, 5.41) is 13.1. The molecule has 2 unspecified atom stereocenters. The summed E-state index contributed by atoms with van der Waals surface area (Å²) < 4.78 is 24.5. The predicted octanol–water partition coefficient (Wildman–Crippen LogP) is 4.10. The number of aryl methyl sites for hydroxylation is 2. The summed E-state index contributed by atoms with van der Waals surface area (Å²) in [7, 11) is 1.92. The van der Waals surface area contributed by atoms with Gasteiger partial charge in [0.25, 0.3) is 0 Å². The van der Waals surface area contributed by atoms with E-state index in [1.165, 1.54) is 0 Å². The molecule has 1 saturated heterocycles. The maximum atomic E-state index is 14.3. The Hall–Kier alpha value is -2.90. The van der Waals surface area contributed by atoms with E-state index >= 15 is 0 Å². The molecular formula is C24H30FN5O2. The van der Waals surface area contributed by atoms with Crippen LogP contribution in [-0.4, -0.2) is 43.8 Å². The summed E-state index contributed by atoms with van der Waals surface area (Å²) in [6.07, 6.45) is 6.06. The SMILES string of the molecule is Cc1c2c(O[C@H](C)[C@H]3CNC(=O)C3)cc(-c3cnn(C4CCC(C)(F)C4)c3)cc2nn1C. The van der Waals surface area contributed by atoms with E-state index in [0.29, 0.717) is 25.8 Å². The van der Waals surface area contributed by atoms with Crippen molar-refractivity contribution in [2.45, 2.75) is 64.3 Å². The molecule has 8 heteroatoms. The topological polar surface area (TPSA) is 74.0 Å². The first-order valence-electron chi connectivity index (χ1n) is 11.3. The number of benzene rings is 1. The van der Waals surface area contributed by atoms with Crippen molar-refractivity contribution in [3.8, 4) is 16.9 Å². The Morgan fingerprint density at radius 1 is 1.34 bits per heavy atom. The number of nitrogens with zero attached hydrogens (tertiary/aromatic N) is 4. The fourth-order valence-corrected chi connectivity index (χ4v) is 5.03. The molecule has 0 radical (unpaired) electrons. The zero-order chi connectivity index (χ0) is 22.6. The van der Waals surface area contributed by atoms with Gasteiger partial charge in [0.2, 0.25) is 5.91 Å². The highest BCUT2D eigenvalue weighted by Gasteiger charge is 2.36. The van der Waals surface area contributed by atoms with E-state index in [1.807, 2.05) is 48.7 Å². The van der Waals surface area contributed by atoms with E-state index in [0.717, 1.165) is 39.9 Å². The molecule has 0 spiro atoms. The van der Waals surface area contributed by atoms with E-state index in [9.17, 15) is 9.18 Å². The monoisotopic (exact) mass is 439 g/mol.